The summed E-state index contributed by atoms with van der Waals surface area (Å²) in [5.41, 5.74) is 0. The zero-order valence-corrected chi connectivity index (χ0v) is 14.0. The van der Waals surface area contributed by atoms with Crippen LogP contribution in [0.5, 0.6) is 0 Å². The second kappa shape index (κ2) is 9.74. The van der Waals surface area contributed by atoms with Crippen molar-refractivity contribution in [2.45, 2.75) is 58.8 Å². The molecule has 0 radical (unpaired) electrons. The first-order valence-electron chi connectivity index (χ1n) is 8.21. The minimum atomic E-state index is -3.06. The normalized spacial score (nSPS) is 23.9. The molecule has 0 spiro atoms. The highest BCUT2D eigenvalue weighted by atomic mass is 32.2. The Morgan fingerprint density at radius 1 is 1.05 bits per heavy atom. The van der Waals surface area contributed by atoms with Crippen LogP contribution in [-0.4, -0.2) is 33.8 Å². The van der Waals surface area contributed by atoms with Crippen LogP contribution in [0.2, 0.25) is 0 Å². The van der Waals surface area contributed by atoms with E-state index in [0.717, 1.165) is 44.2 Å². The van der Waals surface area contributed by atoms with E-state index in [1.165, 1.54) is 25.7 Å². The number of sulfonamides is 1. The van der Waals surface area contributed by atoms with Crippen molar-refractivity contribution in [2.24, 2.45) is 11.8 Å². The quantitative estimate of drug-likeness (QED) is 0.610. The van der Waals surface area contributed by atoms with E-state index in [4.69, 9.17) is 0 Å². The molecule has 5 heteroatoms. The molecule has 1 aliphatic carbocycles. The standard InChI is InChI=1S/C15H32N2O2S/c1-3-16-11-4-5-13-20(18,19)17-12-10-15-8-6-14(2)7-9-15/h14-17H,3-13H2,1-2H3. The molecular formula is C15H32N2O2S. The summed E-state index contributed by atoms with van der Waals surface area (Å²) >= 11 is 0. The lowest BCUT2D eigenvalue weighted by Gasteiger charge is -2.26. The fourth-order valence-corrected chi connectivity index (χ4v) is 3.98. The first-order chi connectivity index (χ1) is 9.53. The largest absolute Gasteiger partial charge is 0.317 e. The zero-order valence-electron chi connectivity index (χ0n) is 13.2. The van der Waals surface area contributed by atoms with Gasteiger partial charge in [-0.1, -0.05) is 39.5 Å². The van der Waals surface area contributed by atoms with Gasteiger partial charge in [-0.25, -0.2) is 13.1 Å². The fraction of sp³-hybridized carbons (Fsp3) is 1.00. The highest BCUT2D eigenvalue weighted by Gasteiger charge is 2.18. The van der Waals surface area contributed by atoms with Crippen molar-refractivity contribution in [2.75, 3.05) is 25.4 Å². The Labute approximate surface area is 125 Å². The Morgan fingerprint density at radius 2 is 1.75 bits per heavy atom. The van der Waals surface area contributed by atoms with Crippen molar-refractivity contribution in [3.05, 3.63) is 0 Å². The van der Waals surface area contributed by atoms with Crippen LogP contribution in [0.15, 0.2) is 0 Å². The van der Waals surface area contributed by atoms with Gasteiger partial charge < -0.3 is 5.32 Å². The molecule has 1 saturated carbocycles. The highest BCUT2D eigenvalue weighted by Crippen LogP contribution is 2.29. The minimum absolute atomic E-state index is 0.264. The van der Waals surface area contributed by atoms with Gasteiger partial charge in [0, 0.05) is 6.54 Å². The molecule has 0 atom stereocenters. The van der Waals surface area contributed by atoms with Crippen LogP contribution < -0.4 is 10.0 Å². The molecule has 1 fully saturated rings. The van der Waals surface area contributed by atoms with Crippen molar-refractivity contribution in [1.29, 1.82) is 0 Å². The van der Waals surface area contributed by atoms with Crippen molar-refractivity contribution in [3.63, 3.8) is 0 Å². The Balaban J connectivity index is 2.07. The summed E-state index contributed by atoms with van der Waals surface area (Å²) in [6.07, 6.45) is 7.82. The van der Waals surface area contributed by atoms with Crippen LogP contribution >= 0.6 is 0 Å². The summed E-state index contributed by atoms with van der Waals surface area (Å²) in [4.78, 5) is 0. The predicted octanol–water partition coefficient (Wildman–Crippen LogP) is 2.51. The SMILES string of the molecule is CCNCCCCS(=O)(=O)NCCC1CCC(C)CC1. The molecule has 0 saturated heterocycles. The van der Waals surface area contributed by atoms with Gasteiger partial charge in [-0.3, -0.25) is 0 Å². The molecule has 0 aliphatic heterocycles. The molecule has 1 rings (SSSR count). The summed E-state index contributed by atoms with van der Waals surface area (Å²) in [5.74, 6) is 1.85. The van der Waals surface area contributed by atoms with Gasteiger partial charge in [0.15, 0.2) is 0 Å². The maximum atomic E-state index is 11.8. The molecule has 0 heterocycles. The number of rotatable bonds is 10. The average molecular weight is 305 g/mol. The zero-order chi connectivity index (χ0) is 14.8. The van der Waals surface area contributed by atoms with Crippen LogP contribution in [0.25, 0.3) is 0 Å². The minimum Gasteiger partial charge on any atom is -0.317 e. The van der Waals surface area contributed by atoms with E-state index in [1.807, 2.05) is 0 Å². The highest BCUT2D eigenvalue weighted by molar-refractivity contribution is 7.89. The fourth-order valence-electron chi connectivity index (χ4n) is 2.83. The van der Waals surface area contributed by atoms with Gasteiger partial charge in [0.2, 0.25) is 10.0 Å². The average Bonchev–Trinajstić information content (AvgIpc) is 2.40. The third-order valence-electron chi connectivity index (χ3n) is 4.28. The smallest absolute Gasteiger partial charge is 0.211 e. The molecule has 0 bridgehead atoms. The van der Waals surface area contributed by atoms with Crippen LogP contribution in [0.3, 0.4) is 0 Å². The van der Waals surface area contributed by atoms with Gasteiger partial charge in [0.1, 0.15) is 0 Å². The van der Waals surface area contributed by atoms with E-state index in [2.05, 4.69) is 23.9 Å². The van der Waals surface area contributed by atoms with Crippen LogP contribution in [0.1, 0.15) is 58.8 Å². The topological polar surface area (TPSA) is 58.2 Å². The number of hydrogen-bond acceptors (Lipinski definition) is 3. The van der Waals surface area contributed by atoms with Crippen molar-refractivity contribution < 1.29 is 8.42 Å². The van der Waals surface area contributed by atoms with Crippen molar-refractivity contribution >= 4 is 10.0 Å². The summed E-state index contributed by atoms with van der Waals surface area (Å²) < 4.78 is 26.4. The van der Waals surface area contributed by atoms with E-state index >= 15 is 0 Å². The maximum Gasteiger partial charge on any atom is 0.211 e. The lowest BCUT2D eigenvalue weighted by atomic mass is 9.81. The molecular weight excluding hydrogens is 272 g/mol. The lowest BCUT2D eigenvalue weighted by Crippen LogP contribution is -2.29. The summed E-state index contributed by atoms with van der Waals surface area (Å²) in [5, 5.41) is 3.21. The summed E-state index contributed by atoms with van der Waals surface area (Å²) in [6, 6.07) is 0. The van der Waals surface area contributed by atoms with Crippen LogP contribution in [0.4, 0.5) is 0 Å². The molecule has 0 unspecified atom stereocenters. The summed E-state index contributed by atoms with van der Waals surface area (Å²) in [6.45, 7) is 6.85. The van der Waals surface area contributed by atoms with Gasteiger partial charge >= 0.3 is 0 Å². The molecule has 0 aromatic heterocycles. The Kier molecular flexibility index (Phi) is 8.73. The molecule has 120 valence electrons. The maximum absolute atomic E-state index is 11.8. The van der Waals surface area contributed by atoms with E-state index in [0.29, 0.717) is 6.54 Å². The number of nitrogens with one attached hydrogen (secondary N) is 2. The Hall–Kier alpha value is -0.130. The van der Waals surface area contributed by atoms with Crippen LogP contribution in [-0.2, 0) is 10.0 Å². The second-order valence-electron chi connectivity index (χ2n) is 6.19. The third kappa shape index (κ3) is 8.22. The second-order valence-corrected chi connectivity index (χ2v) is 8.11. The molecule has 0 aromatic carbocycles. The van der Waals surface area contributed by atoms with Crippen molar-refractivity contribution in [3.8, 4) is 0 Å². The van der Waals surface area contributed by atoms with Gasteiger partial charge in [-0.05, 0) is 44.2 Å². The third-order valence-corrected chi connectivity index (χ3v) is 5.75. The van der Waals surface area contributed by atoms with Crippen molar-refractivity contribution in [1.82, 2.24) is 10.0 Å². The van der Waals surface area contributed by atoms with Gasteiger partial charge in [-0.15, -0.1) is 0 Å². The first kappa shape index (κ1) is 17.9. The van der Waals surface area contributed by atoms with Crippen LogP contribution in [0, 0.1) is 11.8 Å². The molecule has 0 amide bonds. The lowest BCUT2D eigenvalue weighted by molar-refractivity contribution is 0.278. The monoisotopic (exact) mass is 304 g/mol. The first-order valence-corrected chi connectivity index (χ1v) is 9.86. The molecule has 1 aliphatic rings. The Morgan fingerprint density at radius 3 is 2.40 bits per heavy atom. The van der Waals surface area contributed by atoms with E-state index in [9.17, 15) is 8.42 Å². The predicted molar refractivity (Wildman–Crippen MR) is 85.3 cm³/mol. The molecule has 0 aromatic rings. The Bertz CT molecular complexity index is 336. The number of unbranched alkanes of at least 4 members (excludes halogenated alkanes) is 1. The summed E-state index contributed by atoms with van der Waals surface area (Å²) in [7, 11) is -3.06. The number of hydrogen-bond donors (Lipinski definition) is 2. The molecule has 4 nitrogen and oxygen atoms in total. The van der Waals surface area contributed by atoms with Gasteiger partial charge in [-0.2, -0.15) is 0 Å². The van der Waals surface area contributed by atoms with E-state index < -0.39 is 10.0 Å². The van der Waals surface area contributed by atoms with E-state index in [-0.39, 0.29) is 5.75 Å². The molecule has 20 heavy (non-hydrogen) atoms. The molecule has 2 N–H and O–H groups in total. The van der Waals surface area contributed by atoms with Gasteiger partial charge in [0.05, 0.1) is 5.75 Å². The van der Waals surface area contributed by atoms with E-state index in [1.54, 1.807) is 0 Å². The van der Waals surface area contributed by atoms with Gasteiger partial charge in [0.25, 0.3) is 0 Å².